The lowest BCUT2D eigenvalue weighted by atomic mass is 9.95. The molecule has 1 amide bonds. The standard InChI is InChI=1S/C14H25NO11/c1-4(18)15-7-10(21)8(19)5(2-16)25-14(7)26-12-9(20)6(3-17)24-13(23)11(12)22/h5-14,16-17,19-23H,2-3H2,1H3,(H,15,18)/t5-,6-,7-,8+,9-,10-,11+,12+,13?,14?/m1/s1. The molecule has 12 nitrogen and oxygen atoms in total. The van der Waals surface area contributed by atoms with Crippen molar-refractivity contribution < 1.29 is 54.8 Å². The van der Waals surface area contributed by atoms with Gasteiger partial charge in [0.15, 0.2) is 12.6 Å². The van der Waals surface area contributed by atoms with E-state index in [1.54, 1.807) is 0 Å². The van der Waals surface area contributed by atoms with Gasteiger partial charge in [0.05, 0.1) is 13.2 Å². The number of hydrogen-bond donors (Lipinski definition) is 8. The summed E-state index contributed by atoms with van der Waals surface area (Å²) in [5.41, 5.74) is 0. The van der Waals surface area contributed by atoms with E-state index in [-0.39, 0.29) is 0 Å². The largest absolute Gasteiger partial charge is 0.394 e. The van der Waals surface area contributed by atoms with Gasteiger partial charge < -0.3 is 55.3 Å². The van der Waals surface area contributed by atoms with Crippen LogP contribution in [0.5, 0.6) is 0 Å². The Morgan fingerprint density at radius 3 is 2.04 bits per heavy atom. The number of aliphatic hydroxyl groups is 7. The van der Waals surface area contributed by atoms with E-state index in [4.69, 9.17) is 14.2 Å². The van der Waals surface area contributed by atoms with Crippen molar-refractivity contribution in [1.82, 2.24) is 5.32 Å². The van der Waals surface area contributed by atoms with Gasteiger partial charge in [0.2, 0.25) is 5.91 Å². The van der Waals surface area contributed by atoms with Crippen molar-refractivity contribution in [2.75, 3.05) is 13.2 Å². The lowest BCUT2D eigenvalue weighted by molar-refractivity contribution is -0.341. The average molecular weight is 383 g/mol. The normalized spacial score (nSPS) is 46.8. The van der Waals surface area contributed by atoms with Gasteiger partial charge in [-0.25, -0.2) is 0 Å². The number of hydrogen-bond acceptors (Lipinski definition) is 11. The minimum absolute atomic E-state index is 0.581. The molecule has 0 saturated carbocycles. The van der Waals surface area contributed by atoms with Gasteiger partial charge in [-0.15, -0.1) is 0 Å². The van der Waals surface area contributed by atoms with Crippen molar-refractivity contribution in [2.24, 2.45) is 0 Å². The average Bonchev–Trinajstić information content (AvgIpc) is 2.60. The van der Waals surface area contributed by atoms with Crippen LogP contribution in [0, 0.1) is 0 Å². The lowest BCUT2D eigenvalue weighted by Gasteiger charge is -2.46. The second-order valence-corrected chi connectivity index (χ2v) is 6.26. The first kappa shape index (κ1) is 21.4. The SMILES string of the molecule is CC(=O)N[C@H]1C(O[C@H]2[C@H](O)[C@@H](CO)OC(O)[C@H]2O)O[C@H](CO)[C@H](O)[C@@H]1O. The minimum Gasteiger partial charge on any atom is -0.394 e. The van der Waals surface area contributed by atoms with Gasteiger partial charge in [0.1, 0.15) is 48.8 Å². The molecule has 0 aromatic carbocycles. The lowest BCUT2D eigenvalue weighted by Crippen LogP contribution is -2.67. The van der Waals surface area contributed by atoms with Gasteiger partial charge in [-0.1, -0.05) is 0 Å². The molecule has 0 aliphatic carbocycles. The summed E-state index contributed by atoms with van der Waals surface area (Å²) in [5, 5.41) is 70.8. The first-order valence-corrected chi connectivity index (χ1v) is 8.06. The maximum Gasteiger partial charge on any atom is 0.217 e. The number of carbonyl (C=O) groups excluding carboxylic acids is 1. The molecule has 8 N–H and O–H groups in total. The van der Waals surface area contributed by atoms with Crippen molar-refractivity contribution in [1.29, 1.82) is 0 Å². The second-order valence-electron chi connectivity index (χ2n) is 6.26. The number of aliphatic hydroxyl groups excluding tert-OH is 7. The van der Waals surface area contributed by atoms with Gasteiger partial charge >= 0.3 is 0 Å². The summed E-state index contributed by atoms with van der Waals surface area (Å²) in [6.45, 7) is -0.199. The Morgan fingerprint density at radius 2 is 1.50 bits per heavy atom. The van der Waals surface area contributed by atoms with E-state index in [1.807, 2.05) is 0 Å². The molecule has 26 heavy (non-hydrogen) atoms. The first-order valence-electron chi connectivity index (χ1n) is 8.06. The van der Waals surface area contributed by atoms with Crippen molar-refractivity contribution >= 4 is 5.91 Å². The summed E-state index contributed by atoms with van der Waals surface area (Å²) in [6, 6.07) is -1.29. The summed E-state index contributed by atoms with van der Waals surface area (Å²) < 4.78 is 15.6. The maximum absolute atomic E-state index is 11.4. The van der Waals surface area contributed by atoms with Crippen molar-refractivity contribution in [2.45, 2.75) is 68.3 Å². The van der Waals surface area contributed by atoms with E-state index in [0.29, 0.717) is 0 Å². The van der Waals surface area contributed by atoms with E-state index in [9.17, 15) is 40.5 Å². The molecule has 0 bridgehead atoms. The third-order valence-corrected chi connectivity index (χ3v) is 4.38. The number of amides is 1. The van der Waals surface area contributed by atoms with E-state index in [1.165, 1.54) is 0 Å². The Kier molecular flexibility index (Phi) is 7.27. The van der Waals surface area contributed by atoms with Gasteiger partial charge in [0, 0.05) is 6.92 Å². The van der Waals surface area contributed by atoms with Gasteiger partial charge in [-0.05, 0) is 0 Å². The highest BCUT2D eigenvalue weighted by Gasteiger charge is 2.50. The highest BCUT2D eigenvalue weighted by Crippen LogP contribution is 2.28. The zero-order valence-electron chi connectivity index (χ0n) is 14.0. The molecule has 0 spiro atoms. The second kappa shape index (κ2) is 8.84. The molecule has 2 aliphatic rings. The fourth-order valence-electron chi connectivity index (χ4n) is 2.97. The van der Waals surface area contributed by atoms with Crippen LogP contribution in [0.2, 0.25) is 0 Å². The summed E-state index contributed by atoms with van der Waals surface area (Å²) >= 11 is 0. The predicted molar refractivity (Wildman–Crippen MR) is 80.2 cm³/mol. The smallest absolute Gasteiger partial charge is 0.217 e. The van der Waals surface area contributed by atoms with Crippen molar-refractivity contribution in [3.8, 4) is 0 Å². The van der Waals surface area contributed by atoms with E-state index >= 15 is 0 Å². The van der Waals surface area contributed by atoms with Crippen LogP contribution in [0.4, 0.5) is 0 Å². The van der Waals surface area contributed by atoms with Crippen LogP contribution in [0.3, 0.4) is 0 Å². The Hall–Kier alpha value is -0.930. The van der Waals surface area contributed by atoms with Crippen LogP contribution in [-0.4, -0.2) is 116 Å². The molecule has 0 radical (unpaired) electrons. The van der Waals surface area contributed by atoms with Crippen LogP contribution in [-0.2, 0) is 19.0 Å². The van der Waals surface area contributed by atoms with Crippen molar-refractivity contribution in [3.05, 3.63) is 0 Å². The van der Waals surface area contributed by atoms with Crippen LogP contribution in [0.15, 0.2) is 0 Å². The minimum atomic E-state index is -1.77. The summed E-state index contributed by atoms with van der Waals surface area (Å²) in [5.74, 6) is -0.581. The third kappa shape index (κ3) is 4.31. The molecule has 152 valence electrons. The highest BCUT2D eigenvalue weighted by molar-refractivity contribution is 5.73. The monoisotopic (exact) mass is 383 g/mol. The zero-order chi connectivity index (χ0) is 19.6. The number of rotatable bonds is 5. The Balaban J connectivity index is 2.22. The number of carbonyl (C=O) groups is 1. The molecule has 2 heterocycles. The molecule has 0 aromatic rings. The van der Waals surface area contributed by atoms with Gasteiger partial charge in [0.25, 0.3) is 0 Å². The van der Waals surface area contributed by atoms with Crippen molar-refractivity contribution in [3.63, 3.8) is 0 Å². The Morgan fingerprint density at radius 1 is 0.923 bits per heavy atom. The molecule has 2 unspecified atom stereocenters. The molecule has 0 aromatic heterocycles. The third-order valence-electron chi connectivity index (χ3n) is 4.38. The van der Waals surface area contributed by atoms with Crippen LogP contribution < -0.4 is 5.32 Å². The predicted octanol–water partition coefficient (Wildman–Crippen LogP) is -5.25. The van der Waals surface area contributed by atoms with Crippen LogP contribution in [0.25, 0.3) is 0 Å². The molecule has 12 heteroatoms. The summed E-state index contributed by atoms with van der Waals surface area (Å²) in [7, 11) is 0. The molecule has 2 fully saturated rings. The topological polar surface area (TPSA) is 198 Å². The molecule has 2 rings (SSSR count). The number of ether oxygens (including phenoxy) is 3. The Bertz CT molecular complexity index is 480. The highest BCUT2D eigenvalue weighted by atomic mass is 16.7. The van der Waals surface area contributed by atoms with E-state index < -0.39 is 80.5 Å². The molecular weight excluding hydrogens is 358 g/mol. The summed E-state index contributed by atoms with van der Waals surface area (Å²) in [4.78, 5) is 11.4. The fraction of sp³-hybridized carbons (Fsp3) is 0.929. The quantitative estimate of drug-likeness (QED) is 0.226. The maximum atomic E-state index is 11.4. The first-order chi connectivity index (χ1) is 12.2. The van der Waals surface area contributed by atoms with Crippen LogP contribution in [0.1, 0.15) is 6.92 Å². The molecular formula is C14H25NO11. The number of nitrogens with one attached hydrogen (secondary N) is 1. The molecule has 2 aliphatic heterocycles. The van der Waals surface area contributed by atoms with Gasteiger partial charge in [-0.3, -0.25) is 4.79 Å². The summed E-state index contributed by atoms with van der Waals surface area (Å²) in [6.07, 6.45) is -13.7. The van der Waals surface area contributed by atoms with Crippen LogP contribution >= 0.6 is 0 Å². The van der Waals surface area contributed by atoms with E-state index in [2.05, 4.69) is 5.32 Å². The Labute approximate surface area is 148 Å². The zero-order valence-corrected chi connectivity index (χ0v) is 14.0. The van der Waals surface area contributed by atoms with Gasteiger partial charge in [-0.2, -0.15) is 0 Å². The molecule has 2 saturated heterocycles. The fourth-order valence-corrected chi connectivity index (χ4v) is 2.97. The van der Waals surface area contributed by atoms with E-state index in [0.717, 1.165) is 6.92 Å². The molecule has 10 atom stereocenters.